The number of rotatable bonds is 3. The number of carbonyl (C=O) groups is 2. The minimum Gasteiger partial charge on any atom is -0.478 e. The molecule has 1 aromatic heterocycles. The average molecular weight is 209 g/mol. The Morgan fingerprint density at radius 1 is 1.73 bits per heavy atom. The number of carboxylic acid groups (broad SMARTS) is 1. The molecule has 1 amide bonds. The Balaban J connectivity index is 1.99. The molecule has 1 atom stereocenters. The third-order valence-corrected chi connectivity index (χ3v) is 2.37. The van der Waals surface area contributed by atoms with Crippen molar-refractivity contribution in [1.82, 2.24) is 15.1 Å². The van der Waals surface area contributed by atoms with Crippen molar-refractivity contribution in [2.24, 2.45) is 0 Å². The summed E-state index contributed by atoms with van der Waals surface area (Å²) >= 11 is 0. The maximum Gasteiger partial charge on any atom is 0.338 e. The molecular formula is C9H11N3O3. The Morgan fingerprint density at radius 2 is 2.53 bits per heavy atom. The summed E-state index contributed by atoms with van der Waals surface area (Å²) in [5, 5.41) is 15.4. The molecule has 0 aromatic carbocycles. The molecule has 6 heteroatoms. The fourth-order valence-electron chi connectivity index (χ4n) is 1.61. The fraction of sp³-hybridized carbons (Fsp3) is 0.444. The summed E-state index contributed by atoms with van der Waals surface area (Å²) in [6.45, 7) is 0.527. The van der Waals surface area contributed by atoms with Gasteiger partial charge in [0.25, 0.3) is 0 Å². The Labute approximate surface area is 85.9 Å². The third kappa shape index (κ3) is 2.15. The van der Waals surface area contributed by atoms with Crippen molar-refractivity contribution in [2.75, 3.05) is 0 Å². The second-order valence-corrected chi connectivity index (χ2v) is 3.56. The first-order valence-electron chi connectivity index (χ1n) is 4.70. The first kappa shape index (κ1) is 9.70. The highest BCUT2D eigenvalue weighted by Crippen LogP contribution is 2.09. The third-order valence-electron chi connectivity index (χ3n) is 2.37. The van der Waals surface area contributed by atoms with E-state index in [-0.39, 0.29) is 17.5 Å². The molecule has 2 rings (SSSR count). The molecule has 1 unspecified atom stereocenters. The SMILES string of the molecule is O=C1CCC(Cn2cc(C(=O)O)cn2)N1. The Kier molecular flexibility index (Phi) is 2.40. The van der Waals surface area contributed by atoms with Crippen molar-refractivity contribution in [1.29, 1.82) is 0 Å². The number of carboxylic acids is 1. The van der Waals surface area contributed by atoms with E-state index in [2.05, 4.69) is 10.4 Å². The van der Waals surface area contributed by atoms with Gasteiger partial charge < -0.3 is 10.4 Å². The summed E-state index contributed by atoms with van der Waals surface area (Å²) < 4.78 is 1.54. The molecule has 0 bridgehead atoms. The largest absolute Gasteiger partial charge is 0.478 e. The number of nitrogens with zero attached hydrogens (tertiary/aromatic N) is 2. The van der Waals surface area contributed by atoms with Crippen molar-refractivity contribution in [3.05, 3.63) is 18.0 Å². The lowest BCUT2D eigenvalue weighted by Crippen LogP contribution is -2.29. The van der Waals surface area contributed by atoms with Crippen molar-refractivity contribution < 1.29 is 14.7 Å². The van der Waals surface area contributed by atoms with Crippen LogP contribution in [0.5, 0.6) is 0 Å². The number of carbonyl (C=O) groups excluding carboxylic acids is 1. The lowest BCUT2D eigenvalue weighted by atomic mass is 10.2. The second-order valence-electron chi connectivity index (χ2n) is 3.56. The maximum atomic E-state index is 10.9. The van der Waals surface area contributed by atoms with E-state index in [1.165, 1.54) is 12.4 Å². The predicted octanol–water partition coefficient (Wildman–Crippen LogP) is -0.140. The van der Waals surface area contributed by atoms with Gasteiger partial charge in [0.2, 0.25) is 5.91 Å². The zero-order valence-electron chi connectivity index (χ0n) is 8.01. The van der Waals surface area contributed by atoms with Gasteiger partial charge >= 0.3 is 5.97 Å². The van der Waals surface area contributed by atoms with Crippen LogP contribution >= 0.6 is 0 Å². The smallest absolute Gasteiger partial charge is 0.338 e. The molecule has 1 saturated heterocycles. The summed E-state index contributed by atoms with van der Waals surface area (Å²) in [6, 6.07) is 0.0686. The standard InChI is InChI=1S/C9H11N3O3/c13-8-2-1-7(11-8)5-12-4-6(3-10-12)9(14)15/h3-4,7H,1-2,5H2,(H,11,13)(H,14,15). The van der Waals surface area contributed by atoms with Crippen LogP contribution in [0.1, 0.15) is 23.2 Å². The average Bonchev–Trinajstić information content (AvgIpc) is 2.76. The molecule has 1 aliphatic rings. The van der Waals surface area contributed by atoms with Crippen molar-refractivity contribution in [3.8, 4) is 0 Å². The van der Waals surface area contributed by atoms with Gasteiger partial charge in [0.15, 0.2) is 0 Å². The molecule has 0 saturated carbocycles. The molecule has 1 fully saturated rings. The van der Waals surface area contributed by atoms with E-state index in [0.717, 1.165) is 6.42 Å². The normalized spacial score (nSPS) is 20.3. The minimum absolute atomic E-state index is 0.0469. The summed E-state index contributed by atoms with van der Waals surface area (Å²) in [4.78, 5) is 21.5. The van der Waals surface area contributed by atoms with Crippen LogP contribution < -0.4 is 5.32 Å². The lowest BCUT2D eigenvalue weighted by Gasteiger charge is -2.08. The zero-order valence-corrected chi connectivity index (χ0v) is 8.01. The Hall–Kier alpha value is -1.85. The lowest BCUT2D eigenvalue weighted by molar-refractivity contribution is -0.119. The molecule has 0 spiro atoms. The van der Waals surface area contributed by atoms with Crippen molar-refractivity contribution in [2.45, 2.75) is 25.4 Å². The van der Waals surface area contributed by atoms with Crippen LogP contribution in [0, 0.1) is 0 Å². The number of hydrogen-bond donors (Lipinski definition) is 2. The van der Waals surface area contributed by atoms with Crippen LogP contribution in [-0.2, 0) is 11.3 Å². The van der Waals surface area contributed by atoms with E-state index >= 15 is 0 Å². The van der Waals surface area contributed by atoms with Crippen LogP contribution in [0.4, 0.5) is 0 Å². The second kappa shape index (κ2) is 3.72. The molecule has 1 aliphatic heterocycles. The monoisotopic (exact) mass is 209 g/mol. The maximum absolute atomic E-state index is 10.9. The van der Waals surface area contributed by atoms with Crippen LogP contribution in [0.2, 0.25) is 0 Å². The van der Waals surface area contributed by atoms with E-state index in [9.17, 15) is 9.59 Å². The van der Waals surface area contributed by atoms with Crippen LogP contribution in [-0.4, -0.2) is 32.8 Å². The Morgan fingerprint density at radius 3 is 3.07 bits per heavy atom. The molecule has 80 valence electrons. The number of aromatic nitrogens is 2. The molecule has 1 aromatic rings. The van der Waals surface area contributed by atoms with Crippen LogP contribution in [0.15, 0.2) is 12.4 Å². The molecule has 2 heterocycles. The van der Waals surface area contributed by atoms with E-state index in [0.29, 0.717) is 13.0 Å². The first-order valence-corrected chi connectivity index (χ1v) is 4.70. The van der Waals surface area contributed by atoms with Gasteiger partial charge in [-0.3, -0.25) is 9.48 Å². The molecule has 15 heavy (non-hydrogen) atoms. The summed E-state index contributed by atoms with van der Waals surface area (Å²) in [6.07, 6.45) is 4.09. The highest BCUT2D eigenvalue weighted by Gasteiger charge is 2.21. The van der Waals surface area contributed by atoms with Gasteiger partial charge in [-0.1, -0.05) is 0 Å². The highest BCUT2D eigenvalue weighted by molar-refractivity contribution is 5.86. The van der Waals surface area contributed by atoms with Crippen LogP contribution in [0.3, 0.4) is 0 Å². The van der Waals surface area contributed by atoms with E-state index in [4.69, 9.17) is 5.11 Å². The zero-order chi connectivity index (χ0) is 10.8. The number of amides is 1. The number of aromatic carboxylic acids is 1. The topological polar surface area (TPSA) is 84.2 Å². The molecule has 0 aliphatic carbocycles. The van der Waals surface area contributed by atoms with Gasteiger partial charge in [-0.05, 0) is 6.42 Å². The fourth-order valence-corrected chi connectivity index (χ4v) is 1.61. The van der Waals surface area contributed by atoms with Gasteiger partial charge in [-0.25, -0.2) is 4.79 Å². The van der Waals surface area contributed by atoms with E-state index in [1.54, 1.807) is 4.68 Å². The van der Waals surface area contributed by atoms with Gasteiger partial charge in [0.05, 0.1) is 18.3 Å². The van der Waals surface area contributed by atoms with Gasteiger partial charge in [0, 0.05) is 18.7 Å². The molecule has 6 nitrogen and oxygen atoms in total. The van der Waals surface area contributed by atoms with Crippen molar-refractivity contribution >= 4 is 11.9 Å². The molecule has 2 N–H and O–H groups in total. The van der Waals surface area contributed by atoms with E-state index in [1.807, 2.05) is 0 Å². The number of nitrogens with one attached hydrogen (secondary N) is 1. The summed E-state index contributed by atoms with van der Waals surface area (Å²) in [5.74, 6) is -0.942. The number of hydrogen-bond acceptors (Lipinski definition) is 3. The van der Waals surface area contributed by atoms with Gasteiger partial charge in [-0.15, -0.1) is 0 Å². The summed E-state index contributed by atoms with van der Waals surface area (Å²) in [7, 11) is 0. The first-order chi connectivity index (χ1) is 7.15. The predicted molar refractivity (Wildman–Crippen MR) is 50.4 cm³/mol. The van der Waals surface area contributed by atoms with Crippen LogP contribution in [0.25, 0.3) is 0 Å². The quantitative estimate of drug-likeness (QED) is 0.725. The molecule has 0 radical (unpaired) electrons. The highest BCUT2D eigenvalue weighted by atomic mass is 16.4. The molecular weight excluding hydrogens is 198 g/mol. The van der Waals surface area contributed by atoms with E-state index < -0.39 is 5.97 Å². The minimum atomic E-state index is -0.989. The van der Waals surface area contributed by atoms with Gasteiger partial charge in [0.1, 0.15) is 0 Å². The Bertz CT molecular complexity index is 399. The van der Waals surface area contributed by atoms with Gasteiger partial charge in [-0.2, -0.15) is 5.10 Å². The van der Waals surface area contributed by atoms with Crippen molar-refractivity contribution in [3.63, 3.8) is 0 Å². The summed E-state index contributed by atoms with van der Waals surface area (Å²) in [5.41, 5.74) is 0.166.